The van der Waals surface area contributed by atoms with Crippen LogP contribution in [0.4, 0.5) is 17.3 Å². The maximum absolute atomic E-state index is 9.75. The van der Waals surface area contributed by atoms with Crippen molar-refractivity contribution >= 4 is 50.7 Å². The van der Waals surface area contributed by atoms with Crippen LogP contribution in [0.25, 0.3) is 43.5 Å². The highest BCUT2D eigenvalue weighted by atomic mass is 19.5. The average molecular weight is 368 g/mol. The molecule has 0 saturated carbocycles. The zero-order valence-electron chi connectivity index (χ0n) is 14.0. The van der Waals surface area contributed by atoms with Gasteiger partial charge in [-0.3, -0.25) is 0 Å². The summed E-state index contributed by atoms with van der Waals surface area (Å²) < 4.78 is 45.3. The monoisotopic (exact) mass is 368 g/mol. The molecule has 27 heavy (non-hydrogen) atoms. The van der Waals surface area contributed by atoms with Crippen LogP contribution in [0.1, 0.15) is 0 Å². The number of hydrogen-bond donors (Lipinski definition) is 0. The highest BCUT2D eigenvalue weighted by molar-refractivity contribution is 6.50. The van der Waals surface area contributed by atoms with E-state index in [0.29, 0.717) is 0 Å². The highest BCUT2D eigenvalue weighted by Gasteiger charge is 2.20. The van der Waals surface area contributed by atoms with Crippen LogP contribution >= 0.6 is 0 Å². The molecular weight excluding hydrogens is 355 g/mol. The maximum Gasteiger partial charge on any atom is 0.673 e. The normalized spacial score (nSPS) is 11.7. The van der Waals surface area contributed by atoms with Crippen molar-refractivity contribution in [1.82, 2.24) is 0 Å². The van der Waals surface area contributed by atoms with E-state index < -0.39 is 7.25 Å². The number of rotatable bonds is 0. The molecular formula is C21H13BF4O. The molecule has 0 aliphatic rings. The Kier molecular flexibility index (Phi) is 4.19. The van der Waals surface area contributed by atoms with Gasteiger partial charge in [-0.25, -0.2) is 4.42 Å². The van der Waals surface area contributed by atoms with E-state index >= 15 is 0 Å². The van der Waals surface area contributed by atoms with Gasteiger partial charge in [0.15, 0.2) is 0 Å². The van der Waals surface area contributed by atoms with Gasteiger partial charge >= 0.3 is 18.4 Å². The second kappa shape index (κ2) is 6.54. The van der Waals surface area contributed by atoms with Crippen molar-refractivity contribution in [2.45, 2.75) is 0 Å². The minimum atomic E-state index is -6.00. The molecule has 0 fully saturated rings. The van der Waals surface area contributed by atoms with Crippen LogP contribution in [0.5, 0.6) is 0 Å². The van der Waals surface area contributed by atoms with E-state index in [4.69, 9.17) is 4.42 Å². The highest BCUT2D eigenvalue weighted by Crippen LogP contribution is 2.36. The Balaban J connectivity index is 0.000000323. The molecule has 0 atom stereocenters. The first-order valence-electron chi connectivity index (χ1n) is 8.34. The maximum atomic E-state index is 9.75. The van der Waals surface area contributed by atoms with E-state index in [1.165, 1.54) is 26.9 Å². The molecule has 0 aliphatic carbocycles. The summed E-state index contributed by atoms with van der Waals surface area (Å²) in [5.41, 5.74) is 1.89. The molecule has 1 aromatic heterocycles. The Morgan fingerprint density at radius 2 is 1.00 bits per heavy atom. The van der Waals surface area contributed by atoms with Crippen LogP contribution in [0.2, 0.25) is 0 Å². The van der Waals surface area contributed by atoms with Gasteiger partial charge in [-0.2, -0.15) is 0 Å². The molecule has 0 unspecified atom stereocenters. The standard InChI is InChI=1S/C21H13O.BF4/c1-6-12-20-14(7-1)13-19-17-10-3-2-8-15(17)16-9-4-5-11-18(16)21(19)22-20;2-1(3,4)5/h1-13H;/q+1;-1. The van der Waals surface area contributed by atoms with Crippen molar-refractivity contribution < 1.29 is 21.7 Å². The quantitative estimate of drug-likeness (QED) is 0.0907. The molecule has 0 aliphatic heterocycles. The molecule has 0 amide bonds. The predicted molar refractivity (Wildman–Crippen MR) is 103 cm³/mol. The van der Waals surface area contributed by atoms with Crippen LogP contribution in [-0.2, 0) is 0 Å². The summed E-state index contributed by atoms with van der Waals surface area (Å²) >= 11 is 0. The van der Waals surface area contributed by atoms with Crippen molar-refractivity contribution in [3.63, 3.8) is 0 Å². The summed E-state index contributed by atoms with van der Waals surface area (Å²) in [6.45, 7) is 0. The largest absolute Gasteiger partial charge is 0.673 e. The van der Waals surface area contributed by atoms with E-state index in [1.807, 2.05) is 18.2 Å². The first-order chi connectivity index (χ1) is 12.9. The van der Waals surface area contributed by atoms with Crippen molar-refractivity contribution in [2.75, 3.05) is 0 Å². The van der Waals surface area contributed by atoms with Gasteiger partial charge < -0.3 is 17.3 Å². The topological polar surface area (TPSA) is 11.3 Å². The molecule has 6 heteroatoms. The van der Waals surface area contributed by atoms with Gasteiger partial charge in [0.1, 0.15) is 0 Å². The fourth-order valence-electron chi connectivity index (χ4n) is 3.35. The number of hydrogen-bond acceptors (Lipinski definition) is 0. The lowest BCUT2D eigenvalue weighted by Gasteiger charge is -2.04. The smallest absolute Gasteiger partial charge is 0.418 e. The Morgan fingerprint density at radius 1 is 0.556 bits per heavy atom. The Labute approximate surface area is 151 Å². The minimum Gasteiger partial charge on any atom is -0.418 e. The van der Waals surface area contributed by atoms with Gasteiger partial charge in [0.25, 0.3) is 0 Å². The average Bonchev–Trinajstić information content (AvgIpc) is 2.66. The zero-order valence-corrected chi connectivity index (χ0v) is 14.0. The van der Waals surface area contributed by atoms with Gasteiger partial charge in [0.05, 0.1) is 16.2 Å². The van der Waals surface area contributed by atoms with Gasteiger partial charge in [0.2, 0.25) is 0 Å². The molecule has 0 bridgehead atoms. The van der Waals surface area contributed by atoms with Gasteiger partial charge in [0, 0.05) is 6.07 Å². The lowest BCUT2D eigenvalue weighted by molar-refractivity contribution is 0.368. The van der Waals surface area contributed by atoms with E-state index in [0.717, 1.165) is 16.6 Å². The van der Waals surface area contributed by atoms with Gasteiger partial charge in [-0.1, -0.05) is 54.6 Å². The summed E-state index contributed by atoms with van der Waals surface area (Å²) in [5, 5.41) is 7.23. The van der Waals surface area contributed by atoms with Crippen LogP contribution in [0.15, 0.2) is 83.3 Å². The van der Waals surface area contributed by atoms with E-state index in [1.54, 1.807) is 0 Å². The molecule has 4 aromatic carbocycles. The third-order valence-corrected chi connectivity index (χ3v) is 4.35. The van der Waals surface area contributed by atoms with Crippen molar-refractivity contribution in [1.29, 1.82) is 0 Å². The summed E-state index contributed by atoms with van der Waals surface area (Å²) in [6, 6.07) is 27.4. The fourth-order valence-corrected chi connectivity index (χ4v) is 3.35. The molecule has 0 N–H and O–H groups in total. The summed E-state index contributed by atoms with van der Waals surface area (Å²) in [6.07, 6.45) is 0. The number of halogens is 4. The first-order valence-corrected chi connectivity index (χ1v) is 8.34. The SMILES string of the molecule is F[B-](F)(F)F.c1ccc2[o+]c3c4ccccc4c4ccccc4c3cc2c1. The molecule has 1 heterocycles. The van der Waals surface area contributed by atoms with Crippen LogP contribution in [0.3, 0.4) is 0 Å². The van der Waals surface area contributed by atoms with Gasteiger partial charge in [-0.05, 0) is 34.4 Å². The second-order valence-electron chi connectivity index (χ2n) is 6.11. The van der Waals surface area contributed by atoms with E-state index in [-0.39, 0.29) is 0 Å². The second-order valence-corrected chi connectivity index (χ2v) is 6.11. The third kappa shape index (κ3) is 3.43. The molecule has 0 saturated heterocycles. The lowest BCUT2D eigenvalue weighted by Crippen LogP contribution is -2.02. The zero-order chi connectivity index (χ0) is 19.0. The molecule has 5 aromatic rings. The summed E-state index contributed by atoms with van der Waals surface area (Å²) in [5.74, 6) is 0. The van der Waals surface area contributed by atoms with Crippen molar-refractivity contribution in [2.24, 2.45) is 0 Å². The van der Waals surface area contributed by atoms with E-state index in [9.17, 15) is 17.3 Å². The molecule has 0 spiro atoms. The van der Waals surface area contributed by atoms with Crippen molar-refractivity contribution in [3.05, 3.63) is 78.9 Å². The molecule has 0 radical (unpaired) electrons. The first kappa shape index (κ1) is 17.3. The molecule has 5 rings (SSSR count). The Bertz CT molecular complexity index is 1180. The number of fused-ring (bicyclic) bond motifs is 7. The lowest BCUT2D eigenvalue weighted by atomic mass is 9.97. The van der Waals surface area contributed by atoms with Gasteiger partial charge in [-0.15, -0.1) is 0 Å². The fraction of sp³-hybridized carbons (Fsp3) is 0. The Morgan fingerprint density at radius 3 is 1.63 bits per heavy atom. The predicted octanol–water partition coefficient (Wildman–Crippen LogP) is 7.47. The van der Waals surface area contributed by atoms with E-state index in [2.05, 4.69) is 60.7 Å². The number of para-hydroxylation sites is 1. The summed E-state index contributed by atoms with van der Waals surface area (Å²) in [7, 11) is -6.00. The van der Waals surface area contributed by atoms with Crippen LogP contribution < -0.4 is 0 Å². The van der Waals surface area contributed by atoms with Crippen molar-refractivity contribution in [3.8, 4) is 0 Å². The summed E-state index contributed by atoms with van der Waals surface area (Å²) in [4.78, 5) is 0. The van der Waals surface area contributed by atoms with Crippen LogP contribution in [-0.4, -0.2) is 7.25 Å². The Hall–Kier alpha value is -3.15. The third-order valence-electron chi connectivity index (χ3n) is 4.35. The number of benzene rings is 4. The van der Waals surface area contributed by atoms with Crippen LogP contribution in [0, 0.1) is 0 Å². The molecule has 134 valence electrons. The minimum absolute atomic E-state index is 0.926. The molecule has 1 nitrogen and oxygen atoms in total.